The third-order valence-corrected chi connectivity index (χ3v) is 3.76. The molecular formula is C15H23FN2. The Morgan fingerprint density at radius 2 is 2.06 bits per heavy atom. The molecule has 1 aliphatic heterocycles. The van der Waals surface area contributed by atoms with Crippen molar-refractivity contribution in [1.29, 1.82) is 0 Å². The van der Waals surface area contributed by atoms with E-state index in [-0.39, 0.29) is 11.9 Å². The summed E-state index contributed by atoms with van der Waals surface area (Å²) in [4.78, 5) is 2.47. The van der Waals surface area contributed by atoms with Gasteiger partial charge in [-0.25, -0.2) is 4.39 Å². The lowest BCUT2D eigenvalue weighted by molar-refractivity contribution is 0.0897. The second-order valence-corrected chi connectivity index (χ2v) is 5.00. The van der Waals surface area contributed by atoms with Gasteiger partial charge in [0.2, 0.25) is 0 Å². The van der Waals surface area contributed by atoms with Crippen molar-refractivity contribution < 1.29 is 4.39 Å². The maximum Gasteiger partial charge on any atom is 0.127 e. The molecule has 3 heteroatoms. The quantitative estimate of drug-likeness (QED) is 0.835. The lowest BCUT2D eigenvalue weighted by Crippen LogP contribution is -2.58. The highest BCUT2D eigenvalue weighted by molar-refractivity contribution is 5.21. The van der Waals surface area contributed by atoms with Crippen molar-refractivity contribution in [1.82, 2.24) is 10.2 Å². The van der Waals surface area contributed by atoms with Gasteiger partial charge in [-0.2, -0.15) is 0 Å². The summed E-state index contributed by atoms with van der Waals surface area (Å²) in [6.07, 6.45) is 2.07. The molecule has 1 saturated heterocycles. The largest absolute Gasteiger partial charge is 0.314 e. The number of nitrogens with one attached hydrogen (secondary N) is 1. The molecule has 1 atom stereocenters. The van der Waals surface area contributed by atoms with Crippen LogP contribution in [0.5, 0.6) is 0 Å². The van der Waals surface area contributed by atoms with E-state index < -0.39 is 0 Å². The average Bonchev–Trinajstić information content (AvgIpc) is 2.30. The summed E-state index contributed by atoms with van der Waals surface area (Å²) in [5.74, 6) is -0.0715. The van der Waals surface area contributed by atoms with E-state index >= 15 is 0 Å². The number of benzene rings is 1. The highest BCUT2D eigenvalue weighted by Gasteiger charge is 2.30. The molecule has 100 valence electrons. The molecule has 1 heterocycles. The smallest absolute Gasteiger partial charge is 0.127 e. The molecule has 0 bridgehead atoms. The van der Waals surface area contributed by atoms with E-state index in [0.717, 1.165) is 38.0 Å². The van der Waals surface area contributed by atoms with Gasteiger partial charge in [0.05, 0.1) is 0 Å². The first-order valence-corrected chi connectivity index (χ1v) is 6.98. The molecule has 18 heavy (non-hydrogen) atoms. The van der Waals surface area contributed by atoms with Crippen molar-refractivity contribution in [3.63, 3.8) is 0 Å². The van der Waals surface area contributed by atoms with Crippen LogP contribution in [0.1, 0.15) is 38.3 Å². The molecule has 0 spiro atoms. The zero-order valence-electron chi connectivity index (χ0n) is 11.3. The van der Waals surface area contributed by atoms with Crippen molar-refractivity contribution in [2.24, 2.45) is 0 Å². The molecular weight excluding hydrogens is 227 g/mol. The monoisotopic (exact) mass is 250 g/mol. The van der Waals surface area contributed by atoms with Crippen LogP contribution in [0, 0.1) is 5.82 Å². The maximum atomic E-state index is 14.0. The third-order valence-electron chi connectivity index (χ3n) is 3.76. The fourth-order valence-corrected chi connectivity index (χ4v) is 2.74. The molecule has 1 unspecified atom stereocenters. The normalized spacial score (nSPS) is 17.8. The minimum atomic E-state index is -0.0715. The summed E-state index contributed by atoms with van der Waals surface area (Å²) in [6, 6.07) is 7.97. The Morgan fingerprint density at radius 1 is 1.33 bits per heavy atom. The standard InChI is InChI=1S/C15H23FN2/c1-3-9-18(12-10-17-11-12)15(4-2)13-7-5-6-8-14(13)16/h5-8,12,15,17H,3-4,9-11H2,1-2H3. The van der Waals surface area contributed by atoms with Gasteiger partial charge in [-0.05, 0) is 25.5 Å². The molecule has 0 amide bonds. The zero-order chi connectivity index (χ0) is 13.0. The average molecular weight is 250 g/mol. The van der Waals surface area contributed by atoms with Crippen molar-refractivity contribution in [2.75, 3.05) is 19.6 Å². The lowest BCUT2D eigenvalue weighted by atomic mass is 9.98. The van der Waals surface area contributed by atoms with E-state index in [0.29, 0.717) is 6.04 Å². The first-order valence-electron chi connectivity index (χ1n) is 6.98. The van der Waals surface area contributed by atoms with E-state index in [4.69, 9.17) is 0 Å². The Balaban J connectivity index is 2.21. The van der Waals surface area contributed by atoms with E-state index in [1.54, 1.807) is 12.1 Å². The van der Waals surface area contributed by atoms with Crippen LogP contribution in [0.2, 0.25) is 0 Å². The Kier molecular flexibility index (Phi) is 4.72. The van der Waals surface area contributed by atoms with Gasteiger partial charge in [-0.1, -0.05) is 32.0 Å². The van der Waals surface area contributed by atoms with Gasteiger partial charge in [-0.3, -0.25) is 4.90 Å². The lowest BCUT2D eigenvalue weighted by Gasteiger charge is -2.43. The van der Waals surface area contributed by atoms with Crippen LogP contribution in [-0.4, -0.2) is 30.6 Å². The molecule has 1 aromatic rings. The van der Waals surface area contributed by atoms with Gasteiger partial charge in [0.15, 0.2) is 0 Å². The van der Waals surface area contributed by atoms with E-state index in [9.17, 15) is 4.39 Å². The SMILES string of the molecule is CCCN(C1CNC1)C(CC)c1ccccc1F. The highest BCUT2D eigenvalue weighted by Crippen LogP contribution is 2.29. The molecule has 0 aromatic heterocycles. The molecule has 1 fully saturated rings. The van der Waals surface area contributed by atoms with Crippen LogP contribution in [0.4, 0.5) is 4.39 Å². The summed E-state index contributed by atoms with van der Waals surface area (Å²) in [5.41, 5.74) is 0.848. The van der Waals surface area contributed by atoms with Crippen LogP contribution < -0.4 is 5.32 Å². The predicted octanol–water partition coefficient (Wildman–Crippen LogP) is 2.96. The van der Waals surface area contributed by atoms with E-state index in [2.05, 4.69) is 24.1 Å². The van der Waals surface area contributed by atoms with Crippen LogP contribution in [0.25, 0.3) is 0 Å². The minimum Gasteiger partial charge on any atom is -0.314 e. The third kappa shape index (κ3) is 2.73. The first-order chi connectivity index (χ1) is 8.77. The Labute approximate surface area is 109 Å². The maximum absolute atomic E-state index is 14.0. The molecule has 1 aliphatic rings. The molecule has 0 saturated carbocycles. The van der Waals surface area contributed by atoms with Gasteiger partial charge in [0, 0.05) is 30.7 Å². The summed E-state index contributed by atoms with van der Waals surface area (Å²) < 4.78 is 14.0. The summed E-state index contributed by atoms with van der Waals surface area (Å²) in [7, 11) is 0. The Bertz CT molecular complexity index is 377. The zero-order valence-corrected chi connectivity index (χ0v) is 11.3. The fraction of sp³-hybridized carbons (Fsp3) is 0.600. The highest BCUT2D eigenvalue weighted by atomic mass is 19.1. The molecule has 1 aromatic carbocycles. The number of hydrogen-bond donors (Lipinski definition) is 1. The van der Waals surface area contributed by atoms with Crippen LogP contribution in [0.3, 0.4) is 0 Å². The molecule has 2 nitrogen and oxygen atoms in total. The predicted molar refractivity (Wildman–Crippen MR) is 73.1 cm³/mol. The Morgan fingerprint density at radius 3 is 2.56 bits per heavy atom. The van der Waals surface area contributed by atoms with E-state index in [1.165, 1.54) is 0 Å². The Hall–Kier alpha value is -0.930. The van der Waals surface area contributed by atoms with Crippen LogP contribution in [-0.2, 0) is 0 Å². The van der Waals surface area contributed by atoms with Gasteiger partial charge < -0.3 is 5.32 Å². The number of halogens is 1. The first kappa shape index (κ1) is 13.5. The minimum absolute atomic E-state index is 0.0715. The van der Waals surface area contributed by atoms with Crippen LogP contribution in [0.15, 0.2) is 24.3 Å². The number of hydrogen-bond acceptors (Lipinski definition) is 2. The van der Waals surface area contributed by atoms with Crippen LogP contribution >= 0.6 is 0 Å². The number of nitrogens with zero attached hydrogens (tertiary/aromatic N) is 1. The summed E-state index contributed by atoms with van der Waals surface area (Å²) in [5, 5.41) is 3.31. The summed E-state index contributed by atoms with van der Waals surface area (Å²) >= 11 is 0. The fourth-order valence-electron chi connectivity index (χ4n) is 2.74. The molecule has 0 aliphatic carbocycles. The van der Waals surface area contributed by atoms with Crippen molar-refractivity contribution in [3.8, 4) is 0 Å². The topological polar surface area (TPSA) is 15.3 Å². The van der Waals surface area contributed by atoms with Gasteiger partial charge in [-0.15, -0.1) is 0 Å². The van der Waals surface area contributed by atoms with Gasteiger partial charge in [0.25, 0.3) is 0 Å². The number of rotatable bonds is 6. The van der Waals surface area contributed by atoms with E-state index in [1.807, 2.05) is 12.1 Å². The van der Waals surface area contributed by atoms with Gasteiger partial charge >= 0.3 is 0 Å². The summed E-state index contributed by atoms with van der Waals surface area (Å²) in [6.45, 7) is 7.44. The van der Waals surface area contributed by atoms with Crippen molar-refractivity contribution >= 4 is 0 Å². The van der Waals surface area contributed by atoms with Gasteiger partial charge in [0.1, 0.15) is 5.82 Å². The van der Waals surface area contributed by atoms with Crippen molar-refractivity contribution in [2.45, 2.75) is 38.8 Å². The van der Waals surface area contributed by atoms with Crippen molar-refractivity contribution in [3.05, 3.63) is 35.6 Å². The molecule has 0 radical (unpaired) electrons. The second kappa shape index (κ2) is 6.30. The molecule has 1 N–H and O–H groups in total. The second-order valence-electron chi connectivity index (χ2n) is 5.00. The molecule has 2 rings (SSSR count).